The van der Waals surface area contributed by atoms with E-state index in [0.29, 0.717) is 11.0 Å². The Morgan fingerprint density at radius 1 is 1.44 bits per heavy atom. The van der Waals surface area contributed by atoms with E-state index in [9.17, 15) is 9.18 Å². The molecule has 1 amide bonds. The molecule has 5 heteroatoms. The van der Waals surface area contributed by atoms with E-state index in [-0.39, 0.29) is 11.5 Å². The van der Waals surface area contributed by atoms with Gasteiger partial charge in [-0.1, -0.05) is 6.07 Å². The Bertz CT molecular complexity index is 536. The van der Waals surface area contributed by atoms with Gasteiger partial charge < -0.3 is 4.90 Å². The lowest BCUT2D eigenvalue weighted by Gasteiger charge is -2.17. The zero-order valence-electron chi connectivity index (χ0n) is 9.69. The minimum absolute atomic E-state index is 0.0789. The largest absolute Gasteiger partial charge is 0.337 e. The van der Waals surface area contributed by atoms with E-state index in [4.69, 9.17) is 0 Å². The molecule has 94 valence electrons. The molecule has 2 rings (SSSR count). The highest BCUT2D eigenvalue weighted by Crippen LogP contribution is 2.21. The van der Waals surface area contributed by atoms with Crippen molar-refractivity contribution in [3.63, 3.8) is 0 Å². The zero-order valence-corrected chi connectivity index (χ0v) is 12.1. The van der Waals surface area contributed by atoms with Crippen molar-refractivity contribution in [3.8, 4) is 0 Å². The summed E-state index contributed by atoms with van der Waals surface area (Å²) in [5.74, 6) is -0.835. The molecule has 0 N–H and O–H groups in total. The van der Waals surface area contributed by atoms with Gasteiger partial charge in [-0.25, -0.2) is 4.39 Å². The molecule has 0 spiro atoms. The van der Waals surface area contributed by atoms with Crippen LogP contribution in [0.3, 0.4) is 0 Å². The van der Waals surface area contributed by atoms with Crippen molar-refractivity contribution >= 4 is 33.2 Å². The fourth-order valence-electron chi connectivity index (χ4n) is 1.62. The number of amides is 1. The molecule has 2 nitrogen and oxygen atoms in total. The summed E-state index contributed by atoms with van der Waals surface area (Å²) in [4.78, 5) is 13.7. The molecule has 0 saturated heterocycles. The molecule has 0 aliphatic heterocycles. The van der Waals surface area contributed by atoms with Crippen LogP contribution >= 0.6 is 27.3 Å². The van der Waals surface area contributed by atoms with Crippen LogP contribution in [0, 0.1) is 5.82 Å². The molecule has 0 aliphatic rings. The number of hydrogen-bond acceptors (Lipinski definition) is 2. The standard InChI is InChI=1S/C13H11BrFNOS/c1-16(7-9-5-6-18-8-9)13(17)12-10(14)3-2-4-11(12)15/h2-6,8H,7H2,1H3. The van der Waals surface area contributed by atoms with Crippen LogP contribution < -0.4 is 0 Å². The monoisotopic (exact) mass is 327 g/mol. The average molecular weight is 328 g/mol. The van der Waals surface area contributed by atoms with Crippen molar-refractivity contribution in [1.29, 1.82) is 0 Å². The third kappa shape index (κ3) is 2.79. The second kappa shape index (κ2) is 5.63. The van der Waals surface area contributed by atoms with E-state index >= 15 is 0 Å². The fraction of sp³-hybridized carbons (Fsp3) is 0.154. The van der Waals surface area contributed by atoms with Crippen LogP contribution in [-0.4, -0.2) is 17.9 Å². The van der Waals surface area contributed by atoms with Crippen LogP contribution in [0.5, 0.6) is 0 Å². The predicted octanol–water partition coefficient (Wildman–Crippen LogP) is 3.92. The molecular weight excluding hydrogens is 317 g/mol. The predicted molar refractivity (Wildman–Crippen MR) is 74.2 cm³/mol. The second-order valence-corrected chi connectivity index (χ2v) is 5.52. The van der Waals surface area contributed by atoms with Crippen LogP contribution in [0.1, 0.15) is 15.9 Å². The first-order valence-corrected chi connectivity index (χ1v) is 7.03. The first-order valence-electron chi connectivity index (χ1n) is 5.30. The van der Waals surface area contributed by atoms with Crippen molar-refractivity contribution in [2.24, 2.45) is 0 Å². The summed E-state index contributed by atoms with van der Waals surface area (Å²) in [5, 5.41) is 3.92. The summed E-state index contributed by atoms with van der Waals surface area (Å²) in [6.45, 7) is 0.475. The fourth-order valence-corrected chi connectivity index (χ4v) is 2.79. The molecule has 0 bridgehead atoms. The van der Waals surface area contributed by atoms with Gasteiger partial charge in [0.2, 0.25) is 0 Å². The quantitative estimate of drug-likeness (QED) is 0.836. The van der Waals surface area contributed by atoms with Gasteiger partial charge in [-0.2, -0.15) is 11.3 Å². The van der Waals surface area contributed by atoms with Crippen LogP contribution in [0.15, 0.2) is 39.5 Å². The average Bonchev–Trinajstić information content (AvgIpc) is 2.81. The Labute approximate surface area is 117 Å². The SMILES string of the molecule is CN(Cc1ccsc1)C(=O)c1c(F)cccc1Br. The van der Waals surface area contributed by atoms with E-state index in [1.54, 1.807) is 30.5 Å². The Kier molecular flexibility index (Phi) is 4.14. The Morgan fingerprint density at radius 2 is 2.22 bits per heavy atom. The highest BCUT2D eigenvalue weighted by atomic mass is 79.9. The molecular formula is C13H11BrFNOS. The Hall–Kier alpha value is -1.20. The molecule has 1 aromatic carbocycles. The maximum absolute atomic E-state index is 13.7. The van der Waals surface area contributed by atoms with E-state index in [1.807, 2.05) is 16.8 Å². The smallest absolute Gasteiger partial charge is 0.258 e. The highest BCUT2D eigenvalue weighted by molar-refractivity contribution is 9.10. The normalized spacial score (nSPS) is 10.4. The first kappa shape index (κ1) is 13.2. The number of halogens is 2. The van der Waals surface area contributed by atoms with Crippen molar-refractivity contribution in [3.05, 3.63) is 56.4 Å². The zero-order chi connectivity index (χ0) is 13.1. The number of rotatable bonds is 3. The highest BCUT2D eigenvalue weighted by Gasteiger charge is 2.19. The van der Waals surface area contributed by atoms with E-state index < -0.39 is 5.82 Å². The molecule has 2 aromatic rings. The maximum Gasteiger partial charge on any atom is 0.258 e. The number of carbonyl (C=O) groups is 1. The van der Waals surface area contributed by atoms with Crippen molar-refractivity contribution < 1.29 is 9.18 Å². The van der Waals surface area contributed by atoms with Crippen molar-refractivity contribution in [2.75, 3.05) is 7.05 Å². The van der Waals surface area contributed by atoms with Gasteiger partial charge in [0.05, 0.1) is 5.56 Å². The minimum Gasteiger partial charge on any atom is -0.337 e. The summed E-state index contributed by atoms with van der Waals surface area (Å²) in [7, 11) is 1.67. The summed E-state index contributed by atoms with van der Waals surface area (Å²) in [6, 6.07) is 6.46. The van der Waals surface area contributed by atoms with Gasteiger partial charge in [-0.15, -0.1) is 0 Å². The van der Waals surface area contributed by atoms with E-state index in [2.05, 4.69) is 15.9 Å². The van der Waals surface area contributed by atoms with Crippen LogP contribution in [-0.2, 0) is 6.54 Å². The lowest BCUT2D eigenvalue weighted by molar-refractivity contribution is 0.0779. The molecule has 0 atom stereocenters. The summed E-state index contributed by atoms with van der Waals surface area (Å²) >= 11 is 4.78. The molecule has 18 heavy (non-hydrogen) atoms. The summed E-state index contributed by atoms with van der Waals surface area (Å²) in [5.41, 5.74) is 1.12. The molecule has 1 aromatic heterocycles. The van der Waals surface area contributed by atoms with Gasteiger partial charge in [-0.05, 0) is 50.5 Å². The first-order chi connectivity index (χ1) is 8.59. The Morgan fingerprint density at radius 3 is 2.83 bits per heavy atom. The molecule has 0 unspecified atom stereocenters. The second-order valence-electron chi connectivity index (χ2n) is 3.89. The van der Waals surface area contributed by atoms with Crippen molar-refractivity contribution in [2.45, 2.75) is 6.54 Å². The number of carbonyl (C=O) groups excluding carboxylic acids is 1. The minimum atomic E-state index is -0.508. The molecule has 0 fully saturated rings. The lowest BCUT2D eigenvalue weighted by Crippen LogP contribution is -2.27. The number of hydrogen-bond donors (Lipinski definition) is 0. The van der Waals surface area contributed by atoms with Crippen LogP contribution in [0.2, 0.25) is 0 Å². The van der Waals surface area contributed by atoms with Gasteiger partial charge in [0.25, 0.3) is 5.91 Å². The molecule has 1 heterocycles. The van der Waals surface area contributed by atoms with Gasteiger partial charge in [-0.3, -0.25) is 4.79 Å². The molecule has 0 saturated carbocycles. The van der Waals surface area contributed by atoms with E-state index in [1.165, 1.54) is 11.0 Å². The maximum atomic E-state index is 13.7. The van der Waals surface area contributed by atoms with Gasteiger partial charge in [0, 0.05) is 18.1 Å². The van der Waals surface area contributed by atoms with Gasteiger partial charge in [0.15, 0.2) is 0 Å². The van der Waals surface area contributed by atoms with Gasteiger partial charge in [0.1, 0.15) is 5.82 Å². The number of thiophene rings is 1. The summed E-state index contributed by atoms with van der Waals surface area (Å²) < 4.78 is 14.1. The van der Waals surface area contributed by atoms with Gasteiger partial charge >= 0.3 is 0 Å². The lowest BCUT2D eigenvalue weighted by atomic mass is 10.2. The third-order valence-corrected chi connectivity index (χ3v) is 3.92. The topological polar surface area (TPSA) is 20.3 Å². The van der Waals surface area contributed by atoms with E-state index in [0.717, 1.165) is 5.56 Å². The Balaban J connectivity index is 2.21. The molecule has 0 radical (unpaired) electrons. The number of nitrogens with zero attached hydrogens (tertiary/aromatic N) is 1. The third-order valence-electron chi connectivity index (χ3n) is 2.52. The van der Waals surface area contributed by atoms with Crippen molar-refractivity contribution in [1.82, 2.24) is 4.90 Å². The molecule has 0 aliphatic carbocycles. The summed E-state index contributed by atoms with van der Waals surface area (Å²) in [6.07, 6.45) is 0. The van der Waals surface area contributed by atoms with Crippen LogP contribution in [0.25, 0.3) is 0 Å². The number of benzene rings is 1. The van der Waals surface area contributed by atoms with Crippen LogP contribution in [0.4, 0.5) is 4.39 Å².